The Labute approximate surface area is 154 Å². The van der Waals surface area contributed by atoms with Crippen molar-refractivity contribution < 1.29 is 9.53 Å². The van der Waals surface area contributed by atoms with E-state index in [-0.39, 0.29) is 17.6 Å². The average Bonchev–Trinajstić information content (AvgIpc) is 2.66. The van der Waals surface area contributed by atoms with Crippen LogP contribution in [0.25, 0.3) is 10.9 Å². The average molecular weight is 356 g/mol. The molecule has 1 N–H and O–H groups in total. The molecule has 140 valence electrons. The van der Waals surface area contributed by atoms with Gasteiger partial charge >= 0.3 is 0 Å². The van der Waals surface area contributed by atoms with Gasteiger partial charge in [-0.1, -0.05) is 19.3 Å². The van der Waals surface area contributed by atoms with Crippen LogP contribution in [0.5, 0.6) is 5.75 Å². The number of carbonyl (C=O) groups is 1. The Morgan fingerprint density at radius 2 is 2.00 bits per heavy atom. The predicted molar refractivity (Wildman–Crippen MR) is 104 cm³/mol. The highest BCUT2D eigenvalue weighted by atomic mass is 16.5. The molecule has 5 nitrogen and oxygen atoms in total. The zero-order valence-electron chi connectivity index (χ0n) is 15.7. The highest BCUT2D eigenvalue weighted by Crippen LogP contribution is 2.23. The van der Waals surface area contributed by atoms with Gasteiger partial charge in [0, 0.05) is 36.5 Å². The van der Waals surface area contributed by atoms with Gasteiger partial charge in [0.2, 0.25) is 11.5 Å². The van der Waals surface area contributed by atoms with Crippen LogP contribution in [-0.4, -0.2) is 35.0 Å². The van der Waals surface area contributed by atoms with Gasteiger partial charge in [-0.15, -0.1) is 0 Å². The van der Waals surface area contributed by atoms with Crippen LogP contribution >= 0.6 is 0 Å². The molecule has 2 aromatic rings. The lowest BCUT2D eigenvalue weighted by molar-refractivity contribution is -0.133. The number of fused-ring (bicyclic) bond motifs is 1. The molecular formula is C21H28N2O3. The summed E-state index contributed by atoms with van der Waals surface area (Å²) in [4.78, 5) is 28.5. The fourth-order valence-electron chi connectivity index (χ4n) is 3.67. The van der Waals surface area contributed by atoms with Gasteiger partial charge in [0.1, 0.15) is 5.75 Å². The van der Waals surface area contributed by atoms with Gasteiger partial charge in [-0.25, -0.2) is 0 Å². The van der Waals surface area contributed by atoms with Crippen LogP contribution in [0.2, 0.25) is 0 Å². The minimum Gasteiger partial charge on any atom is -0.491 e. The summed E-state index contributed by atoms with van der Waals surface area (Å²) in [7, 11) is 1.94. The number of aromatic amines is 1. The third-order valence-corrected chi connectivity index (χ3v) is 5.31. The number of hydrogen-bond acceptors (Lipinski definition) is 3. The molecule has 0 radical (unpaired) electrons. The molecule has 1 unspecified atom stereocenters. The molecule has 1 heterocycles. The quantitative estimate of drug-likeness (QED) is 0.855. The summed E-state index contributed by atoms with van der Waals surface area (Å²) in [6.45, 7) is 1.99. The lowest BCUT2D eigenvalue weighted by Gasteiger charge is -2.31. The molecular weight excluding hydrogens is 328 g/mol. The number of pyridine rings is 1. The Balaban J connectivity index is 1.52. The van der Waals surface area contributed by atoms with Crippen LogP contribution in [-0.2, 0) is 4.79 Å². The number of rotatable bonds is 6. The van der Waals surface area contributed by atoms with Gasteiger partial charge < -0.3 is 14.6 Å². The SMILES string of the molecule is CC(CCC(=O)N(C)C1CCCCC1)Oc1ccc2[nH]c(=O)ccc2c1. The molecule has 1 saturated carbocycles. The Hall–Kier alpha value is -2.30. The summed E-state index contributed by atoms with van der Waals surface area (Å²) in [5.41, 5.74) is 0.682. The van der Waals surface area contributed by atoms with Crippen molar-refractivity contribution in [2.45, 2.75) is 64.0 Å². The number of nitrogens with zero attached hydrogens (tertiary/aromatic N) is 1. The summed E-state index contributed by atoms with van der Waals surface area (Å²) in [6.07, 6.45) is 7.18. The van der Waals surface area contributed by atoms with Crippen LogP contribution < -0.4 is 10.3 Å². The van der Waals surface area contributed by atoms with E-state index in [2.05, 4.69) is 4.98 Å². The van der Waals surface area contributed by atoms with E-state index >= 15 is 0 Å². The maximum absolute atomic E-state index is 12.4. The van der Waals surface area contributed by atoms with Crippen molar-refractivity contribution in [3.8, 4) is 5.75 Å². The lowest BCUT2D eigenvalue weighted by atomic mass is 9.94. The summed E-state index contributed by atoms with van der Waals surface area (Å²) in [5.74, 6) is 0.966. The highest BCUT2D eigenvalue weighted by Gasteiger charge is 2.22. The van der Waals surface area contributed by atoms with Crippen LogP contribution in [0.3, 0.4) is 0 Å². The van der Waals surface area contributed by atoms with E-state index < -0.39 is 0 Å². The largest absolute Gasteiger partial charge is 0.491 e. The van der Waals surface area contributed by atoms with Crippen molar-refractivity contribution in [1.82, 2.24) is 9.88 Å². The first-order chi connectivity index (χ1) is 12.5. The standard InChI is InChI=1S/C21H28N2O3/c1-15(8-13-21(25)23(2)17-6-4-3-5-7-17)26-18-10-11-19-16(14-18)9-12-20(24)22-19/h9-12,14-15,17H,3-8,13H2,1-2H3,(H,22,24). The third kappa shape index (κ3) is 4.65. The number of aromatic nitrogens is 1. The number of benzene rings is 1. The van der Waals surface area contributed by atoms with Gasteiger partial charge in [-0.3, -0.25) is 9.59 Å². The number of carbonyl (C=O) groups excluding carboxylic acids is 1. The minimum absolute atomic E-state index is 0.0427. The van der Waals surface area contributed by atoms with Crippen LogP contribution in [0.1, 0.15) is 51.9 Å². The van der Waals surface area contributed by atoms with Crippen molar-refractivity contribution in [2.24, 2.45) is 0 Å². The first-order valence-corrected chi connectivity index (χ1v) is 9.58. The molecule has 1 aliphatic rings. The van der Waals surface area contributed by atoms with Crippen LogP contribution in [0, 0.1) is 0 Å². The Bertz CT molecular complexity index is 808. The number of amides is 1. The Kier molecular flexibility index (Phi) is 5.96. The summed E-state index contributed by atoms with van der Waals surface area (Å²) in [5, 5.41) is 0.933. The number of nitrogens with one attached hydrogen (secondary N) is 1. The number of ether oxygens (including phenoxy) is 1. The zero-order valence-corrected chi connectivity index (χ0v) is 15.7. The molecule has 1 aliphatic carbocycles. The molecule has 0 aliphatic heterocycles. The molecule has 1 atom stereocenters. The molecule has 3 rings (SSSR count). The van der Waals surface area contributed by atoms with E-state index in [0.717, 1.165) is 29.5 Å². The molecule has 26 heavy (non-hydrogen) atoms. The van der Waals surface area contributed by atoms with Crippen molar-refractivity contribution in [2.75, 3.05) is 7.05 Å². The Morgan fingerprint density at radius 3 is 2.77 bits per heavy atom. The van der Waals surface area contributed by atoms with Crippen molar-refractivity contribution in [3.05, 3.63) is 40.7 Å². The second-order valence-electron chi connectivity index (χ2n) is 7.34. The summed E-state index contributed by atoms with van der Waals surface area (Å²) in [6, 6.07) is 9.32. The summed E-state index contributed by atoms with van der Waals surface area (Å²) < 4.78 is 5.97. The molecule has 5 heteroatoms. The van der Waals surface area contributed by atoms with Gasteiger partial charge in [-0.2, -0.15) is 0 Å². The number of hydrogen-bond donors (Lipinski definition) is 1. The first kappa shape index (κ1) is 18.5. The van der Waals surface area contributed by atoms with Crippen molar-refractivity contribution >= 4 is 16.8 Å². The molecule has 0 spiro atoms. The lowest BCUT2D eigenvalue weighted by Crippen LogP contribution is -2.38. The molecule has 1 fully saturated rings. The van der Waals surface area contributed by atoms with Gasteiger partial charge in [0.15, 0.2) is 0 Å². The first-order valence-electron chi connectivity index (χ1n) is 9.58. The molecule has 0 saturated heterocycles. The number of H-pyrrole nitrogens is 1. The maximum Gasteiger partial charge on any atom is 0.248 e. The van der Waals surface area contributed by atoms with E-state index in [1.165, 1.54) is 25.3 Å². The van der Waals surface area contributed by atoms with Crippen LogP contribution in [0.4, 0.5) is 0 Å². The second kappa shape index (κ2) is 8.39. The van der Waals surface area contributed by atoms with E-state index in [1.54, 1.807) is 6.07 Å². The van der Waals surface area contributed by atoms with Gasteiger partial charge in [-0.05, 0) is 50.5 Å². The molecule has 1 aromatic carbocycles. The van der Waals surface area contributed by atoms with Gasteiger partial charge in [0.25, 0.3) is 0 Å². The topological polar surface area (TPSA) is 62.4 Å². The third-order valence-electron chi connectivity index (χ3n) is 5.31. The fraction of sp³-hybridized carbons (Fsp3) is 0.524. The minimum atomic E-state index is -0.111. The zero-order chi connectivity index (χ0) is 18.5. The van der Waals surface area contributed by atoms with Gasteiger partial charge in [0.05, 0.1) is 6.10 Å². The second-order valence-corrected chi connectivity index (χ2v) is 7.34. The molecule has 1 aromatic heterocycles. The normalized spacial score (nSPS) is 16.4. The van der Waals surface area contributed by atoms with E-state index in [1.807, 2.05) is 37.1 Å². The fourth-order valence-corrected chi connectivity index (χ4v) is 3.67. The Morgan fingerprint density at radius 1 is 1.23 bits per heavy atom. The molecule has 0 bridgehead atoms. The smallest absolute Gasteiger partial charge is 0.248 e. The molecule has 1 amide bonds. The predicted octanol–water partition coefficient (Wildman–Crippen LogP) is 3.87. The summed E-state index contributed by atoms with van der Waals surface area (Å²) >= 11 is 0. The van der Waals surface area contributed by atoms with E-state index in [0.29, 0.717) is 18.9 Å². The highest BCUT2D eigenvalue weighted by molar-refractivity contribution is 5.79. The van der Waals surface area contributed by atoms with E-state index in [4.69, 9.17) is 4.74 Å². The maximum atomic E-state index is 12.4. The van der Waals surface area contributed by atoms with Crippen LogP contribution in [0.15, 0.2) is 35.1 Å². The van der Waals surface area contributed by atoms with Crippen molar-refractivity contribution in [3.63, 3.8) is 0 Å². The van der Waals surface area contributed by atoms with Crippen molar-refractivity contribution in [1.29, 1.82) is 0 Å². The van der Waals surface area contributed by atoms with E-state index in [9.17, 15) is 9.59 Å². The monoisotopic (exact) mass is 356 g/mol.